The van der Waals surface area contributed by atoms with Gasteiger partial charge < -0.3 is 15.1 Å². The normalized spacial score (nSPS) is 20.2. The summed E-state index contributed by atoms with van der Waals surface area (Å²) in [5.74, 6) is 0.284. The Labute approximate surface area is 116 Å². The third-order valence-electron chi connectivity index (χ3n) is 3.50. The maximum Gasteiger partial charge on any atom is 0.224 e. The van der Waals surface area contributed by atoms with E-state index in [1.165, 1.54) is 0 Å². The van der Waals surface area contributed by atoms with Gasteiger partial charge in [-0.2, -0.15) is 5.26 Å². The van der Waals surface area contributed by atoms with Crippen LogP contribution < -0.4 is 5.32 Å². The van der Waals surface area contributed by atoms with Crippen molar-refractivity contribution in [2.75, 3.05) is 46.8 Å². The molecule has 1 fully saturated rings. The molecule has 0 aromatic heterocycles. The number of carbonyl (C=O) groups is 1. The zero-order chi connectivity index (χ0) is 14.1. The van der Waals surface area contributed by atoms with Gasteiger partial charge in [0.05, 0.1) is 12.0 Å². The zero-order valence-electron chi connectivity index (χ0n) is 12.2. The molecule has 1 unspecified atom stereocenters. The molecule has 1 N–H and O–H groups in total. The number of nitrogens with one attached hydrogen (secondary N) is 1. The molecule has 1 heterocycles. The predicted molar refractivity (Wildman–Crippen MR) is 75.6 cm³/mol. The molecule has 1 aliphatic heterocycles. The summed E-state index contributed by atoms with van der Waals surface area (Å²) in [5, 5.41) is 11.6. The molecule has 0 aliphatic carbocycles. The van der Waals surface area contributed by atoms with Crippen molar-refractivity contribution < 1.29 is 4.79 Å². The second-order valence-corrected chi connectivity index (χ2v) is 5.50. The maximum absolute atomic E-state index is 12.0. The van der Waals surface area contributed by atoms with Crippen LogP contribution >= 0.6 is 0 Å². The molecule has 1 aliphatic rings. The summed E-state index contributed by atoms with van der Waals surface area (Å²) in [6, 6.07) is 2.16. The lowest BCUT2D eigenvalue weighted by Gasteiger charge is -2.31. The van der Waals surface area contributed by atoms with Gasteiger partial charge in [-0.3, -0.25) is 4.79 Å². The molecule has 5 heteroatoms. The SMILES string of the molecule is CN(C)CCCNC(=O)C1CCCN(CCC#N)C1. The highest BCUT2D eigenvalue weighted by Gasteiger charge is 2.24. The first-order chi connectivity index (χ1) is 9.13. The fourth-order valence-corrected chi connectivity index (χ4v) is 2.43. The van der Waals surface area contributed by atoms with E-state index in [-0.39, 0.29) is 11.8 Å². The van der Waals surface area contributed by atoms with E-state index < -0.39 is 0 Å². The van der Waals surface area contributed by atoms with Crippen LogP contribution in [0.1, 0.15) is 25.7 Å². The number of likely N-dealkylation sites (tertiary alicyclic amines) is 1. The van der Waals surface area contributed by atoms with E-state index in [1.807, 2.05) is 14.1 Å². The Morgan fingerprint density at radius 3 is 3.00 bits per heavy atom. The third kappa shape index (κ3) is 6.55. The van der Waals surface area contributed by atoms with Crippen molar-refractivity contribution in [2.45, 2.75) is 25.7 Å². The molecular formula is C14H26N4O. The Morgan fingerprint density at radius 1 is 1.53 bits per heavy atom. The van der Waals surface area contributed by atoms with Crippen molar-refractivity contribution in [3.05, 3.63) is 0 Å². The summed E-state index contributed by atoms with van der Waals surface area (Å²) in [7, 11) is 4.08. The number of nitrogens with zero attached hydrogens (tertiary/aromatic N) is 3. The van der Waals surface area contributed by atoms with Crippen LogP contribution in [0.4, 0.5) is 0 Å². The van der Waals surface area contributed by atoms with Crippen LogP contribution in [0.5, 0.6) is 0 Å². The van der Waals surface area contributed by atoms with Crippen LogP contribution in [0.2, 0.25) is 0 Å². The van der Waals surface area contributed by atoms with E-state index in [9.17, 15) is 4.79 Å². The number of piperidine rings is 1. The number of amides is 1. The van der Waals surface area contributed by atoms with E-state index in [1.54, 1.807) is 0 Å². The van der Waals surface area contributed by atoms with Gasteiger partial charge in [0.25, 0.3) is 0 Å². The van der Waals surface area contributed by atoms with Gasteiger partial charge in [0.15, 0.2) is 0 Å². The lowest BCUT2D eigenvalue weighted by molar-refractivity contribution is -0.126. The quantitative estimate of drug-likeness (QED) is 0.688. The summed E-state index contributed by atoms with van der Waals surface area (Å²) in [5.41, 5.74) is 0. The minimum absolute atomic E-state index is 0.104. The number of carbonyl (C=O) groups excluding carboxylic acids is 1. The van der Waals surface area contributed by atoms with Crippen molar-refractivity contribution in [3.63, 3.8) is 0 Å². The Bertz CT molecular complexity index is 311. The minimum Gasteiger partial charge on any atom is -0.356 e. The molecule has 1 saturated heterocycles. The smallest absolute Gasteiger partial charge is 0.224 e. The standard InChI is InChI=1S/C14H26N4O/c1-17(2)9-5-8-16-14(19)13-6-3-10-18(12-13)11-4-7-15/h13H,3-6,8-12H2,1-2H3,(H,16,19). The fourth-order valence-electron chi connectivity index (χ4n) is 2.43. The molecule has 0 saturated carbocycles. The van der Waals surface area contributed by atoms with Gasteiger partial charge in [-0.1, -0.05) is 0 Å². The van der Waals surface area contributed by atoms with E-state index >= 15 is 0 Å². The van der Waals surface area contributed by atoms with Gasteiger partial charge in [-0.05, 0) is 46.4 Å². The van der Waals surface area contributed by atoms with Crippen LogP contribution in [0.15, 0.2) is 0 Å². The van der Waals surface area contributed by atoms with Crippen LogP contribution in [0.3, 0.4) is 0 Å². The minimum atomic E-state index is 0.104. The van der Waals surface area contributed by atoms with E-state index in [4.69, 9.17) is 5.26 Å². The highest BCUT2D eigenvalue weighted by Crippen LogP contribution is 2.16. The molecule has 0 radical (unpaired) electrons. The lowest BCUT2D eigenvalue weighted by Crippen LogP contribution is -2.43. The maximum atomic E-state index is 12.0. The number of rotatable bonds is 7. The van der Waals surface area contributed by atoms with Gasteiger partial charge in [0.2, 0.25) is 5.91 Å². The van der Waals surface area contributed by atoms with Crippen molar-refractivity contribution in [1.29, 1.82) is 5.26 Å². The Balaban J connectivity index is 2.22. The van der Waals surface area contributed by atoms with Gasteiger partial charge in [-0.15, -0.1) is 0 Å². The monoisotopic (exact) mass is 266 g/mol. The molecule has 0 aromatic rings. The second kappa shape index (κ2) is 8.89. The highest BCUT2D eigenvalue weighted by atomic mass is 16.1. The molecular weight excluding hydrogens is 240 g/mol. The second-order valence-electron chi connectivity index (χ2n) is 5.50. The first-order valence-corrected chi connectivity index (χ1v) is 7.15. The summed E-state index contributed by atoms with van der Waals surface area (Å²) < 4.78 is 0. The van der Waals surface area contributed by atoms with Gasteiger partial charge in [0.1, 0.15) is 0 Å². The van der Waals surface area contributed by atoms with Gasteiger partial charge >= 0.3 is 0 Å². The molecule has 0 spiro atoms. The van der Waals surface area contributed by atoms with Gasteiger partial charge in [0, 0.05) is 26.1 Å². The van der Waals surface area contributed by atoms with Crippen LogP contribution in [0.25, 0.3) is 0 Å². The average molecular weight is 266 g/mol. The largest absolute Gasteiger partial charge is 0.356 e. The van der Waals surface area contributed by atoms with Crippen LogP contribution in [0, 0.1) is 17.2 Å². The first kappa shape index (κ1) is 15.9. The molecule has 1 rings (SSSR count). The number of nitriles is 1. The van der Waals surface area contributed by atoms with Crippen molar-refractivity contribution in [2.24, 2.45) is 5.92 Å². The molecule has 0 bridgehead atoms. The zero-order valence-corrected chi connectivity index (χ0v) is 12.2. The Morgan fingerprint density at radius 2 is 2.32 bits per heavy atom. The van der Waals surface area contributed by atoms with Crippen molar-refractivity contribution in [1.82, 2.24) is 15.1 Å². The third-order valence-corrected chi connectivity index (χ3v) is 3.50. The summed E-state index contributed by atoms with van der Waals surface area (Å²) in [6.07, 6.45) is 3.57. The molecule has 5 nitrogen and oxygen atoms in total. The van der Waals surface area contributed by atoms with Crippen molar-refractivity contribution >= 4 is 5.91 Å². The molecule has 1 atom stereocenters. The molecule has 108 valence electrons. The molecule has 1 amide bonds. The average Bonchev–Trinajstić information content (AvgIpc) is 2.41. The summed E-state index contributed by atoms with van der Waals surface area (Å²) >= 11 is 0. The highest BCUT2D eigenvalue weighted by molar-refractivity contribution is 5.78. The first-order valence-electron chi connectivity index (χ1n) is 7.15. The van der Waals surface area contributed by atoms with Gasteiger partial charge in [-0.25, -0.2) is 0 Å². The Kier molecular flexibility index (Phi) is 7.46. The topological polar surface area (TPSA) is 59.4 Å². The fraction of sp³-hybridized carbons (Fsp3) is 0.857. The predicted octanol–water partition coefficient (Wildman–Crippen LogP) is 0.680. The lowest BCUT2D eigenvalue weighted by atomic mass is 9.97. The van der Waals surface area contributed by atoms with Crippen LogP contribution in [-0.4, -0.2) is 62.5 Å². The van der Waals surface area contributed by atoms with E-state index in [2.05, 4.69) is 21.2 Å². The van der Waals surface area contributed by atoms with E-state index in [0.29, 0.717) is 6.42 Å². The molecule has 0 aromatic carbocycles. The Hall–Kier alpha value is -1.12. The summed E-state index contributed by atoms with van der Waals surface area (Å²) in [4.78, 5) is 16.4. The number of hydrogen-bond donors (Lipinski definition) is 1. The number of hydrogen-bond acceptors (Lipinski definition) is 4. The van der Waals surface area contributed by atoms with Crippen molar-refractivity contribution in [3.8, 4) is 6.07 Å². The summed E-state index contributed by atoms with van der Waals surface area (Å²) in [6.45, 7) is 4.37. The van der Waals surface area contributed by atoms with E-state index in [0.717, 1.165) is 52.0 Å². The van der Waals surface area contributed by atoms with Crippen LogP contribution in [-0.2, 0) is 4.79 Å². The molecule has 19 heavy (non-hydrogen) atoms.